The summed E-state index contributed by atoms with van der Waals surface area (Å²) in [4.78, 5) is 0. The first kappa shape index (κ1) is 26.2. The van der Waals surface area contributed by atoms with Crippen LogP contribution in [0.3, 0.4) is 0 Å². The van der Waals surface area contributed by atoms with Crippen molar-refractivity contribution in [3.8, 4) is 0 Å². The topological polar surface area (TPSA) is 86.6 Å². The highest BCUT2D eigenvalue weighted by molar-refractivity contribution is 6.84. The quantitative estimate of drug-likeness (QED) is 0.548. The molecule has 0 amide bonds. The molecule has 0 radical (unpaired) electrons. The van der Waals surface area contributed by atoms with E-state index in [1.807, 2.05) is 0 Å². The van der Waals surface area contributed by atoms with E-state index in [0.717, 1.165) is 25.7 Å². The Kier molecular flexibility index (Phi) is 7.33. The fraction of sp³-hybridized carbons (Fsp3) is 1.00. The zero-order valence-corrected chi connectivity index (χ0v) is 23.7. The molecule has 1 spiro atoms. The smallest absolute Gasteiger partial charge is 0.335 e. The molecular formula is C24H46O7Si2. The number of fused-ring (bicyclic) bond motifs is 3. The van der Waals surface area contributed by atoms with Crippen molar-refractivity contribution in [2.75, 3.05) is 0 Å². The first-order valence-corrected chi connectivity index (χ1v) is 17.1. The van der Waals surface area contributed by atoms with Crippen LogP contribution in [0.2, 0.25) is 22.2 Å². The molecule has 33 heavy (non-hydrogen) atoms. The Balaban J connectivity index is 1.81. The summed E-state index contributed by atoms with van der Waals surface area (Å²) in [6.07, 6.45) is 0.336. The summed E-state index contributed by atoms with van der Waals surface area (Å²) in [5.74, 6) is -0.690. The molecule has 2 N–H and O–H groups in total. The van der Waals surface area contributed by atoms with E-state index in [1.165, 1.54) is 6.42 Å². The van der Waals surface area contributed by atoms with Gasteiger partial charge in [-0.05, 0) is 35.0 Å². The fourth-order valence-electron chi connectivity index (χ4n) is 6.61. The van der Waals surface area contributed by atoms with Gasteiger partial charge in [0.05, 0.1) is 0 Å². The van der Waals surface area contributed by atoms with Gasteiger partial charge in [-0.3, -0.25) is 0 Å². The Hall–Kier alpha value is 0.154. The van der Waals surface area contributed by atoms with E-state index in [-0.39, 0.29) is 22.2 Å². The van der Waals surface area contributed by atoms with Crippen LogP contribution >= 0.6 is 0 Å². The molecule has 2 aliphatic heterocycles. The molecule has 2 saturated heterocycles. The van der Waals surface area contributed by atoms with Gasteiger partial charge >= 0.3 is 17.1 Å². The zero-order valence-electron chi connectivity index (χ0n) is 21.7. The lowest BCUT2D eigenvalue weighted by molar-refractivity contribution is -0.202. The number of aliphatic hydroxyl groups excluding tert-OH is 2. The second kappa shape index (κ2) is 9.23. The molecule has 0 aromatic carbocycles. The highest BCUT2D eigenvalue weighted by atomic mass is 28.5. The minimum Gasteiger partial charge on any atom is -0.414 e. The van der Waals surface area contributed by atoms with Crippen molar-refractivity contribution in [3.63, 3.8) is 0 Å². The Morgan fingerprint density at radius 3 is 1.52 bits per heavy atom. The van der Waals surface area contributed by atoms with Gasteiger partial charge in [-0.2, -0.15) is 0 Å². The molecule has 4 fully saturated rings. The average Bonchev–Trinajstić information content (AvgIpc) is 3.00. The van der Waals surface area contributed by atoms with Gasteiger partial charge in [0.25, 0.3) is 0 Å². The molecule has 0 bridgehead atoms. The maximum absolute atomic E-state index is 11.4. The summed E-state index contributed by atoms with van der Waals surface area (Å²) in [5, 5.41) is 22.6. The Morgan fingerprint density at radius 2 is 1.03 bits per heavy atom. The van der Waals surface area contributed by atoms with Crippen molar-refractivity contribution in [1.29, 1.82) is 0 Å². The van der Waals surface area contributed by atoms with Crippen molar-refractivity contribution in [1.82, 2.24) is 0 Å². The fourth-order valence-corrected chi connectivity index (χ4v) is 17.9. The van der Waals surface area contributed by atoms with Crippen molar-refractivity contribution in [3.05, 3.63) is 0 Å². The predicted octanol–water partition coefficient (Wildman–Crippen LogP) is 4.49. The summed E-state index contributed by atoms with van der Waals surface area (Å²) < 4.78 is 34.3. The SMILES string of the molecule is CC(C)[Si]1(C(C)C)OC2C(O)C(O)C3OC4(CCCCC4)OC3C2O[Si](C(C)C)(C(C)C)O1. The molecule has 2 saturated carbocycles. The summed E-state index contributed by atoms with van der Waals surface area (Å²) >= 11 is 0. The molecule has 0 aromatic rings. The molecule has 2 aliphatic carbocycles. The van der Waals surface area contributed by atoms with Crippen LogP contribution in [0.1, 0.15) is 87.5 Å². The molecule has 6 unspecified atom stereocenters. The molecular weight excluding hydrogens is 456 g/mol. The standard InChI is InChI=1S/C24H46O7Si2/c1-14(2)32(15(3)4)29-21-19(26)18(25)20-22(28-24(27-20)12-10-9-11-13-24)23(21)30-33(31-32,16(5)6)17(7)8/h14-23,25-26H,9-13H2,1-8H3. The minimum absolute atomic E-state index is 0.164. The second-order valence-electron chi connectivity index (χ2n) is 11.9. The Bertz CT molecular complexity index is 678. The molecule has 4 rings (SSSR count). The highest BCUT2D eigenvalue weighted by Gasteiger charge is 2.68. The number of hydrogen-bond acceptors (Lipinski definition) is 7. The van der Waals surface area contributed by atoms with Gasteiger partial charge in [0.15, 0.2) is 5.79 Å². The molecule has 4 aliphatic rings. The lowest BCUT2D eigenvalue weighted by Crippen LogP contribution is -2.66. The number of rotatable bonds is 4. The van der Waals surface area contributed by atoms with E-state index < -0.39 is 59.5 Å². The van der Waals surface area contributed by atoms with Crippen molar-refractivity contribution >= 4 is 17.1 Å². The first-order chi connectivity index (χ1) is 15.4. The van der Waals surface area contributed by atoms with Gasteiger partial charge in [0, 0.05) is 12.8 Å². The maximum atomic E-state index is 11.4. The van der Waals surface area contributed by atoms with E-state index in [2.05, 4.69) is 55.4 Å². The van der Waals surface area contributed by atoms with E-state index >= 15 is 0 Å². The molecule has 0 aromatic heterocycles. The number of ether oxygens (including phenoxy) is 2. The van der Waals surface area contributed by atoms with Crippen molar-refractivity contribution < 1.29 is 32.7 Å². The molecule has 9 heteroatoms. The van der Waals surface area contributed by atoms with E-state index in [0.29, 0.717) is 0 Å². The van der Waals surface area contributed by atoms with Gasteiger partial charge in [0.1, 0.15) is 36.6 Å². The molecule has 7 nitrogen and oxygen atoms in total. The average molecular weight is 503 g/mol. The summed E-state index contributed by atoms with van der Waals surface area (Å²) in [6, 6.07) is 0. The second-order valence-corrected chi connectivity index (χ2v) is 20.7. The molecule has 192 valence electrons. The predicted molar refractivity (Wildman–Crippen MR) is 130 cm³/mol. The first-order valence-electron chi connectivity index (χ1n) is 13.2. The third-order valence-electron chi connectivity index (χ3n) is 8.49. The van der Waals surface area contributed by atoms with E-state index in [1.54, 1.807) is 0 Å². The zero-order chi connectivity index (χ0) is 24.3. The van der Waals surface area contributed by atoms with Gasteiger partial charge in [-0.25, -0.2) is 0 Å². The number of hydrogen-bond donors (Lipinski definition) is 2. The van der Waals surface area contributed by atoms with Crippen LogP contribution < -0.4 is 0 Å². The summed E-state index contributed by atoms with van der Waals surface area (Å²) in [7, 11) is -5.67. The van der Waals surface area contributed by atoms with E-state index in [4.69, 9.17) is 22.4 Å². The van der Waals surface area contributed by atoms with Crippen LogP contribution in [-0.2, 0) is 22.4 Å². The van der Waals surface area contributed by atoms with Gasteiger partial charge in [-0.15, -0.1) is 0 Å². The van der Waals surface area contributed by atoms with Gasteiger partial charge in [-0.1, -0.05) is 61.8 Å². The third kappa shape index (κ3) is 4.13. The van der Waals surface area contributed by atoms with Crippen LogP contribution in [-0.4, -0.2) is 69.7 Å². The minimum atomic E-state index is -2.85. The Labute approximate surface area is 202 Å². The molecule has 6 atom stereocenters. The van der Waals surface area contributed by atoms with Crippen LogP contribution in [0.25, 0.3) is 0 Å². The van der Waals surface area contributed by atoms with E-state index in [9.17, 15) is 10.2 Å². The number of aliphatic hydroxyl groups is 2. The maximum Gasteiger partial charge on any atom is 0.335 e. The lowest BCUT2D eigenvalue weighted by Gasteiger charge is -2.46. The van der Waals surface area contributed by atoms with Crippen LogP contribution in [0.5, 0.6) is 0 Å². The van der Waals surface area contributed by atoms with Crippen LogP contribution in [0.4, 0.5) is 0 Å². The normalized spacial score (nSPS) is 39.8. The summed E-state index contributed by atoms with van der Waals surface area (Å²) in [6.45, 7) is 17.4. The third-order valence-corrected chi connectivity index (χ3v) is 18.8. The van der Waals surface area contributed by atoms with Gasteiger partial charge < -0.3 is 32.7 Å². The largest absolute Gasteiger partial charge is 0.414 e. The highest BCUT2D eigenvalue weighted by Crippen LogP contribution is 2.53. The molecule has 2 heterocycles. The summed E-state index contributed by atoms with van der Waals surface area (Å²) in [5.41, 5.74) is 0.712. The van der Waals surface area contributed by atoms with Crippen LogP contribution in [0, 0.1) is 0 Å². The monoisotopic (exact) mass is 502 g/mol. The van der Waals surface area contributed by atoms with Crippen molar-refractivity contribution in [2.24, 2.45) is 0 Å². The van der Waals surface area contributed by atoms with Gasteiger partial charge in [0.2, 0.25) is 0 Å². The van der Waals surface area contributed by atoms with Crippen molar-refractivity contribution in [2.45, 2.75) is 152 Å². The van der Waals surface area contributed by atoms with Crippen LogP contribution in [0.15, 0.2) is 0 Å². The Morgan fingerprint density at radius 1 is 0.606 bits per heavy atom. The lowest BCUT2D eigenvalue weighted by atomic mass is 9.85.